The summed E-state index contributed by atoms with van der Waals surface area (Å²) < 4.78 is 5.36. The Balaban J connectivity index is 2.99. The maximum Gasteiger partial charge on any atom is 0.408 e. The number of rotatable bonds is 9. The Kier molecular flexibility index (Phi) is 8.61. The first-order valence-electron chi connectivity index (χ1n) is 9.86. The topological polar surface area (TPSA) is 80.3 Å². The molecule has 6 heteroatoms. The van der Waals surface area contributed by atoms with E-state index in [-0.39, 0.29) is 23.3 Å². The molecule has 0 aromatic carbocycles. The summed E-state index contributed by atoms with van der Waals surface area (Å²) in [4.78, 5) is 28.7. The van der Waals surface area contributed by atoms with Crippen LogP contribution >= 0.6 is 0 Å². The van der Waals surface area contributed by atoms with E-state index in [1.165, 1.54) is 0 Å². The summed E-state index contributed by atoms with van der Waals surface area (Å²) in [6.07, 6.45) is 5.09. The van der Waals surface area contributed by atoms with Crippen molar-refractivity contribution in [3.63, 3.8) is 0 Å². The van der Waals surface area contributed by atoms with E-state index in [0.29, 0.717) is 18.7 Å². The second kappa shape index (κ2) is 10.2. The highest BCUT2D eigenvalue weighted by Crippen LogP contribution is 2.26. The Morgan fingerprint density at radius 1 is 1.24 bits per heavy atom. The minimum Gasteiger partial charge on any atom is -0.444 e. The molecule has 0 saturated heterocycles. The Bertz CT molecular complexity index is 735. The Labute approximate surface area is 174 Å². The van der Waals surface area contributed by atoms with Crippen LogP contribution in [0.25, 0.3) is 0 Å². The number of alkyl carbamates (subject to hydrolysis) is 1. The first-order valence-corrected chi connectivity index (χ1v) is 9.86. The van der Waals surface area contributed by atoms with Gasteiger partial charge in [-0.1, -0.05) is 32.9 Å². The number of carbonyl (C=O) groups is 2. The number of hydrogen-bond acceptors (Lipinski definition) is 4. The molecule has 2 N–H and O–H groups in total. The molecule has 0 aliphatic carbocycles. The van der Waals surface area contributed by atoms with Crippen molar-refractivity contribution in [3.05, 3.63) is 54.9 Å². The highest BCUT2D eigenvalue weighted by molar-refractivity contribution is 5.79. The van der Waals surface area contributed by atoms with E-state index < -0.39 is 11.7 Å². The third kappa shape index (κ3) is 8.10. The molecular weight excluding hydrogens is 366 g/mol. The van der Waals surface area contributed by atoms with E-state index in [0.717, 1.165) is 5.56 Å². The average molecular weight is 402 g/mol. The summed E-state index contributed by atoms with van der Waals surface area (Å²) in [5.41, 5.74) is 0.820. The van der Waals surface area contributed by atoms with E-state index in [1.54, 1.807) is 18.3 Å². The molecule has 1 rings (SSSR count). The lowest BCUT2D eigenvalue weighted by atomic mass is 9.84. The maximum absolute atomic E-state index is 12.2. The lowest BCUT2D eigenvalue weighted by molar-refractivity contribution is -0.123. The van der Waals surface area contributed by atoms with Crippen molar-refractivity contribution >= 4 is 12.0 Å². The highest BCUT2D eigenvalue weighted by Gasteiger charge is 2.25. The van der Waals surface area contributed by atoms with E-state index in [9.17, 15) is 9.59 Å². The highest BCUT2D eigenvalue weighted by atomic mass is 16.6. The molecule has 0 bridgehead atoms. The van der Waals surface area contributed by atoms with Gasteiger partial charge in [0, 0.05) is 18.2 Å². The van der Waals surface area contributed by atoms with Crippen LogP contribution in [0.2, 0.25) is 0 Å². The molecular formula is C23H35N3O3. The van der Waals surface area contributed by atoms with Gasteiger partial charge in [-0.3, -0.25) is 9.78 Å². The molecule has 0 unspecified atom stereocenters. The summed E-state index contributed by atoms with van der Waals surface area (Å²) >= 11 is 0. The van der Waals surface area contributed by atoms with Crippen LogP contribution in [0.3, 0.4) is 0 Å². The normalized spacial score (nSPS) is 13.7. The van der Waals surface area contributed by atoms with E-state index in [4.69, 9.17) is 4.74 Å². The number of amides is 2. The minimum absolute atomic E-state index is 0.0570. The standard InChI is InChI=1S/C23H35N3O3/c1-9-11-18(26-21(28)29-22(4,5)6)19-14-17(12-13-24-19)23(7,8)15-25-20(27)16(3)10-2/h9-10,12-14,16,18H,1-2,11,15H2,3-8H3,(H,25,27)(H,26,28)/t16-,18+/m1/s1. The molecule has 0 radical (unpaired) electrons. The molecule has 29 heavy (non-hydrogen) atoms. The summed E-state index contributed by atoms with van der Waals surface area (Å²) in [5.74, 6) is -0.299. The van der Waals surface area contributed by atoms with Crippen molar-refractivity contribution in [2.75, 3.05) is 6.54 Å². The average Bonchev–Trinajstić information content (AvgIpc) is 2.63. The first kappa shape index (κ1) is 24.4. The van der Waals surface area contributed by atoms with Crippen LogP contribution in [-0.2, 0) is 14.9 Å². The summed E-state index contributed by atoms with van der Waals surface area (Å²) in [5, 5.41) is 5.83. The summed E-state index contributed by atoms with van der Waals surface area (Å²) in [7, 11) is 0. The van der Waals surface area contributed by atoms with E-state index in [2.05, 4.69) is 42.6 Å². The fraction of sp³-hybridized carbons (Fsp3) is 0.522. The number of hydrogen-bond donors (Lipinski definition) is 2. The smallest absolute Gasteiger partial charge is 0.408 e. The molecule has 1 heterocycles. The van der Waals surface area contributed by atoms with Gasteiger partial charge in [0.1, 0.15) is 5.60 Å². The van der Waals surface area contributed by atoms with Crippen LogP contribution in [0.4, 0.5) is 4.79 Å². The molecule has 0 aliphatic heterocycles. The Morgan fingerprint density at radius 3 is 2.45 bits per heavy atom. The maximum atomic E-state index is 12.2. The van der Waals surface area contributed by atoms with Gasteiger partial charge in [-0.2, -0.15) is 0 Å². The molecule has 6 nitrogen and oxygen atoms in total. The van der Waals surface area contributed by atoms with Gasteiger partial charge in [-0.05, 0) is 44.9 Å². The number of nitrogens with zero attached hydrogens (tertiary/aromatic N) is 1. The van der Waals surface area contributed by atoms with Crippen molar-refractivity contribution in [2.45, 2.75) is 65.0 Å². The predicted octanol–water partition coefficient (Wildman–Crippen LogP) is 4.44. The SMILES string of the molecule is C=CC[C@H](NC(=O)OC(C)(C)C)c1cc(C(C)(C)CNC(=O)[C@H](C)C=C)ccn1. The summed E-state index contributed by atoms with van der Waals surface area (Å²) in [6.45, 7) is 19.3. The zero-order chi connectivity index (χ0) is 22.2. The van der Waals surface area contributed by atoms with Gasteiger partial charge in [0.2, 0.25) is 5.91 Å². The van der Waals surface area contributed by atoms with Crippen LogP contribution in [0.1, 0.15) is 65.3 Å². The van der Waals surface area contributed by atoms with Crippen LogP contribution < -0.4 is 10.6 Å². The van der Waals surface area contributed by atoms with Crippen LogP contribution in [0.15, 0.2) is 43.6 Å². The van der Waals surface area contributed by atoms with E-state index >= 15 is 0 Å². The predicted molar refractivity (Wildman–Crippen MR) is 117 cm³/mol. The van der Waals surface area contributed by atoms with Gasteiger partial charge in [0.15, 0.2) is 0 Å². The van der Waals surface area contributed by atoms with Crippen LogP contribution in [0, 0.1) is 5.92 Å². The third-order valence-electron chi connectivity index (χ3n) is 4.48. The van der Waals surface area contributed by atoms with Gasteiger partial charge in [0.25, 0.3) is 0 Å². The second-order valence-electron chi connectivity index (χ2n) is 8.82. The largest absolute Gasteiger partial charge is 0.444 e. The van der Waals surface area contributed by atoms with Crippen LogP contribution in [0.5, 0.6) is 0 Å². The number of ether oxygens (including phenoxy) is 1. The summed E-state index contributed by atoms with van der Waals surface area (Å²) in [6, 6.07) is 3.52. The third-order valence-corrected chi connectivity index (χ3v) is 4.48. The number of pyridine rings is 1. The van der Waals surface area contributed by atoms with Gasteiger partial charge < -0.3 is 15.4 Å². The number of nitrogens with one attached hydrogen (secondary N) is 2. The van der Waals surface area contributed by atoms with Crippen molar-refractivity contribution in [1.82, 2.24) is 15.6 Å². The first-order chi connectivity index (χ1) is 13.4. The molecule has 0 aliphatic rings. The molecule has 1 aromatic heterocycles. The fourth-order valence-corrected chi connectivity index (χ4v) is 2.61. The van der Waals surface area contributed by atoms with Gasteiger partial charge in [0.05, 0.1) is 17.7 Å². The van der Waals surface area contributed by atoms with Gasteiger partial charge in [-0.25, -0.2) is 4.79 Å². The number of aromatic nitrogens is 1. The van der Waals surface area contributed by atoms with E-state index in [1.807, 2.05) is 39.8 Å². The lowest BCUT2D eigenvalue weighted by Crippen LogP contribution is -2.39. The zero-order valence-corrected chi connectivity index (χ0v) is 18.5. The molecule has 160 valence electrons. The second-order valence-corrected chi connectivity index (χ2v) is 8.82. The Hall–Kier alpha value is -2.63. The number of carbonyl (C=O) groups excluding carboxylic acids is 2. The minimum atomic E-state index is -0.582. The van der Waals surface area contributed by atoms with Crippen molar-refractivity contribution in [2.24, 2.45) is 5.92 Å². The molecule has 0 spiro atoms. The van der Waals surface area contributed by atoms with Crippen molar-refractivity contribution < 1.29 is 14.3 Å². The molecule has 1 aromatic rings. The lowest BCUT2D eigenvalue weighted by Gasteiger charge is -2.28. The molecule has 2 amide bonds. The zero-order valence-electron chi connectivity index (χ0n) is 18.5. The molecule has 2 atom stereocenters. The molecule has 0 saturated carbocycles. The quantitative estimate of drug-likeness (QED) is 0.600. The van der Waals surface area contributed by atoms with Crippen LogP contribution in [-0.4, -0.2) is 29.1 Å². The molecule has 0 fully saturated rings. The fourth-order valence-electron chi connectivity index (χ4n) is 2.61. The van der Waals surface area contributed by atoms with Crippen molar-refractivity contribution in [3.8, 4) is 0 Å². The van der Waals surface area contributed by atoms with Gasteiger partial charge >= 0.3 is 6.09 Å². The monoisotopic (exact) mass is 401 g/mol. The van der Waals surface area contributed by atoms with Gasteiger partial charge in [-0.15, -0.1) is 13.2 Å². The van der Waals surface area contributed by atoms with Crippen molar-refractivity contribution in [1.29, 1.82) is 0 Å². The Morgan fingerprint density at radius 2 is 1.90 bits per heavy atom.